The van der Waals surface area contributed by atoms with Crippen LogP contribution in [0.3, 0.4) is 0 Å². The molecule has 0 radical (unpaired) electrons. The Bertz CT molecular complexity index is 420. The molecule has 0 amide bonds. The van der Waals surface area contributed by atoms with Gasteiger partial charge in [-0.25, -0.2) is 12.8 Å². The largest absolute Gasteiger partial charge is 0.223 e. The van der Waals surface area contributed by atoms with Crippen LogP contribution in [0.25, 0.3) is 0 Å². The first kappa shape index (κ1) is 10.9. The number of hydrogen-bond acceptors (Lipinski definition) is 2. The minimum atomic E-state index is -3.39. The van der Waals surface area contributed by atoms with Crippen LogP contribution in [-0.2, 0) is 9.84 Å². The molecule has 1 aromatic carbocycles. The molecule has 76 valence electrons. The first-order chi connectivity index (χ1) is 6.48. The van der Waals surface area contributed by atoms with E-state index in [1.807, 2.05) is 0 Å². The molecule has 0 aromatic heterocycles. The predicted octanol–water partition coefficient (Wildman–Crippen LogP) is 2.17. The number of sulfone groups is 1. The van der Waals surface area contributed by atoms with Gasteiger partial charge in [-0.1, -0.05) is 6.08 Å². The Hall–Kier alpha value is -1.16. The third-order valence-corrected chi connectivity index (χ3v) is 4.06. The van der Waals surface area contributed by atoms with Gasteiger partial charge in [-0.3, -0.25) is 0 Å². The van der Waals surface area contributed by atoms with Crippen molar-refractivity contribution in [1.29, 1.82) is 0 Å². The van der Waals surface area contributed by atoms with Gasteiger partial charge in [0.1, 0.15) is 5.82 Å². The zero-order valence-electron chi connectivity index (χ0n) is 7.77. The van der Waals surface area contributed by atoms with Crippen molar-refractivity contribution in [3.8, 4) is 0 Å². The average molecular weight is 214 g/mol. The minimum Gasteiger partial charge on any atom is -0.223 e. The van der Waals surface area contributed by atoms with Crippen LogP contribution < -0.4 is 0 Å². The van der Waals surface area contributed by atoms with Crippen LogP contribution in [0, 0.1) is 5.82 Å². The van der Waals surface area contributed by atoms with E-state index < -0.39 is 20.9 Å². The van der Waals surface area contributed by atoms with Crippen LogP contribution in [0.2, 0.25) is 0 Å². The molecule has 0 spiro atoms. The van der Waals surface area contributed by atoms with Gasteiger partial charge < -0.3 is 0 Å². The van der Waals surface area contributed by atoms with Crippen LogP contribution in [0.4, 0.5) is 4.39 Å². The van der Waals surface area contributed by atoms with Crippen LogP contribution in [-0.4, -0.2) is 13.7 Å². The molecule has 0 aliphatic carbocycles. The monoisotopic (exact) mass is 214 g/mol. The minimum absolute atomic E-state index is 0.117. The molecule has 0 N–H and O–H groups in total. The molecule has 0 fully saturated rings. The smallest absolute Gasteiger partial charge is 0.184 e. The number of hydrogen-bond donors (Lipinski definition) is 0. The Kier molecular flexibility index (Phi) is 3.06. The molecule has 0 bridgehead atoms. The van der Waals surface area contributed by atoms with Gasteiger partial charge in [-0.2, -0.15) is 0 Å². The molecule has 0 heterocycles. The molecule has 14 heavy (non-hydrogen) atoms. The van der Waals surface area contributed by atoms with Gasteiger partial charge in [0.05, 0.1) is 10.1 Å². The summed E-state index contributed by atoms with van der Waals surface area (Å²) in [7, 11) is -3.39. The quantitative estimate of drug-likeness (QED) is 0.571. The maximum Gasteiger partial charge on any atom is 0.184 e. The topological polar surface area (TPSA) is 34.1 Å². The molecule has 1 atom stereocenters. The molecule has 1 rings (SSSR count). The second kappa shape index (κ2) is 3.92. The van der Waals surface area contributed by atoms with Crippen molar-refractivity contribution >= 4 is 9.84 Å². The Morgan fingerprint density at radius 2 is 1.86 bits per heavy atom. The van der Waals surface area contributed by atoms with Crippen molar-refractivity contribution in [2.24, 2.45) is 0 Å². The summed E-state index contributed by atoms with van der Waals surface area (Å²) in [4.78, 5) is 0.117. The summed E-state index contributed by atoms with van der Waals surface area (Å²) in [5, 5.41) is -0.659. The van der Waals surface area contributed by atoms with E-state index in [2.05, 4.69) is 6.58 Å². The first-order valence-corrected chi connectivity index (χ1v) is 5.65. The molecule has 0 aliphatic rings. The van der Waals surface area contributed by atoms with E-state index in [0.29, 0.717) is 0 Å². The summed E-state index contributed by atoms with van der Waals surface area (Å²) in [6.07, 6.45) is 1.35. The van der Waals surface area contributed by atoms with Crippen molar-refractivity contribution in [3.63, 3.8) is 0 Å². The second-order valence-corrected chi connectivity index (χ2v) is 5.24. The van der Waals surface area contributed by atoms with Crippen molar-refractivity contribution in [1.82, 2.24) is 0 Å². The van der Waals surface area contributed by atoms with Gasteiger partial charge in [0, 0.05) is 0 Å². The van der Waals surface area contributed by atoms with Gasteiger partial charge in [0.25, 0.3) is 0 Å². The highest BCUT2D eigenvalue weighted by atomic mass is 32.2. The van der Waals surface area contributed by atoms with E-state index in [1.165, 1.54) is 25.1 Å². The third-order valence-electron chi connectivity index (χ3n) is 1.96. The van der Waals surface area contributed by atoms with Crippen molar-refractivity contribution in [3.05, 3.63) is 42.7 Å². The fourth-order valence-corrected chi connectivity index (χ4v) is 2.16. The maximum atomic E-state index is 12.5. The van der Waals surface area contributed by atoms with Gasteiger partial charge in [0.2, 0.25) is 0 Å². The molecule has 0 saturated heterocycles. The molecule has 0 aliphatic heterocycles. The second-order valence-electron chi connectivity index (χ2n) is 2.94. The molecule has 1 aromatic rings. The average Bonchev–Trinajstić information content (AvgIpc) is 2.17. The van der Waals surface area contributed by atoms with E-state index >= 15 is 0 Å². The van der Waals surface area contributed by atoms with E-state index in [9.17, 15) is 12.8 Å². The highest BCUT2D eigenvalue weighted by Gasteiger charge is 2.19. The zero-order valence-corrected chi connectivity index (χ0v) is 8.59. The van der Waals surface area contributed by atoms with E-state index in [4.69, 9.17) is 0 Å². The summed E-state index contributed by atoms with van der Waals surface area (Å²) in [6, 6.07) is 4.76. The van der Waals surface area contributed by atoms with E-state index in [-0.39, 0.29) is 4.90 Å². The van der Waals surface area contributed by atoms with Crippen molar-refractivity contribution in [2.75, 3.05) is 0 Å². The maximum absolute atomic E-state index is 12.5. The molecular formula is C10H11FO2S. The predicted molar refractivity (Wildman–Crippen MR) is 53.2 cm³/mol. The van der Waals surface area contributed by atoms with Crippen molar-refractivity contribution < 1.29 is 12.8 Å². The number of rotatable bonds is 3. The van der Waals surface area contributed by atoms with Gasteiger partial charge in [-0.15, -0.1) is 6.58 Å². The Labute approximate surface area is 83.0 Å². The number of benzene rings is 1. The van der Waals surface area contributed by atoms with Crippen molar-refractivity contribution in [2.45, 2.75) is 17.1 Å². The normalized spacial score (nSPS) is 13.6. The van der Waals surface area contributed by atoms with Crippen LogP contribution >= 0.6 is 0 Å². The third kappa shape index (κ3) is 2.01. The summed E-state index contributed by atoms with van der Waals surface area (Å²) >= 11 is 0. The van der Waals surface area contributed by atoms with Gasteiger partial charge in [0.15, 0.2) is 9.84 Å². The fraction of sp³-hybridized carbons (Fsp3) is 0.200. The van der Waals surface area contributed by atoms with Crippen LogP contribution in [0.5, 0.6) is 0 Å². The lowest BCUT2D eigenvalue weighted by Crippen LogP contribution is -2.14. The van der Waals surface area contributed by atoms with Crippen LogP contribution in [0.1, 0.15) is 6.92 Å². The first-order valence-electron chi connectivity index (χ1n) is 4.10. The standard InChI is InChI=1S/C10H11FO2S/c1-3-8(2)14(12,13)10-6-4-9(11)5-7-10/h3-8H,1H2,2H3. The Morgan fingerprint density at radius 1 is 1.36 bits per heavy atom. The zero-order chi connectivity index (χ0) is 10.8. The SMILES string of the molecule is C=CC(C)S(=O)(=O)c1ccc(F)cc1. The van der Waals surface area contributed by atoms with Gasteiger partial charge in [-0.05, 0) is 31.2 Å². The summed E-state index contributed by atoms with van der Waals surface area (Å²) < 4.78 is 35.9. The van der Waals surface area contributed by atoms with E-state index in [1.54, 1.807) is 0 Å². The Morgan fingerprint density at radius 3 is 2.29 bits per heavy atom. The lowest BCUT2D eigenvalue weighted by atomic mass is 10.3. The lowest BCUT2D eigenvalue weighted by Gasteiger charge is -2.07. The number of halogens is 1. The molecule has 0 saturated carbocycles. The molecule has 4 heteroatoms. The summed E-state index contributed by atoms with van der Waals surface area (Å²) in [6.45, 7) is 4.95. The highest BCUT2D eigenvalue weighted by Crippen LogP contribution is 2.16. The van der Waals surface area contributed by atoms with Gasteiger partial charge >= 0.3 is 0 Å². The summed E-state index contributed by atoms with van der Waals surface area (Å²) in [5.74, 6) is -0.449. The van der Waals surface area contributed by atoms with Crippen LogP contribution in [0.15, 0.2) is 41.8 Å². The highest BCUT2D eigenvalue weighted by molar-refractivity contribution is 7.92. The Balaban J connectivity index is 3.17. The fourth-order valence-electron chi connectivity index (χ4n) is 0.966. The van der Waals surface area contributed by atoms with E-state index in [0.717, 1.165) is 12.1 Å². The molecular weight excluding hydrogens is 203 g/mol. The molecule has 1 unspecified atom stereocenters. The summed E-state index contributed by atoms with van der Waals surface area (Å²) in [5.41, 5.74) is 0. The molecule has 2 nitrogen and oxygen atoms in total. The lowest BCUT2D eigenvalue weighted by molar-refractivity contribution is 0.590.